The average Bonchev–Trinajstić information content (AvgIpc) is 2.74. The summed E-state index contributed by atoms with van der Waals surface area (Å²) in [4.78, 5) is 11.7. The zero-order valence-corrected chi connectivity index (χ0v) is 11.1. The van der Waals surface area contributed by atoms with Crippen molar-refractivity contribution >= 4 is 5.91 Å². The fraction of sp³-hybridized carbons (Fsp3) is 0.667. The summed E-state index contributed by atoms with van der Waals surface area (Å²) >= 11 is 0. The summed E-state index contributed by atoms with van der Waals surface area (Å²) in [5.74, 6) is 0.510. The van der Waals surface area contributed by atoms with Gasteiger partial charge in [0.1, 0.15) is 5.76 Å². The Hall–Kier alpha value is -1.36. The Labute approximate surface area is 102 Å². The summed E-state index contributed by atoms with van der Waals surface area (Å²) in [6, 6.07) is 1.92. The molecular formula is C12H21N3O2. The first-order valence-corrected chi connectivity index (χ1v) is 5.77. The fourth-order valence-corrected chi connectivity index (χ4v) is 1.17. The molecule has 1 rings (SSSR count). The fourth-order valence-electron chi connectivity index (χ4n) is 1.17. The summed E-state index contributed by atoms with van der Waals surface area (Å²) in [5, 5.41) is 9.61. The molecule has 0 bridgehead atoms. The van der Waals surface area contributed by atoms with Gasteiger partial charge in [-0.05, 0) is 14.0 Å². The maximum Gasteiger partial charge on any atom is 0.273 e. The van der Waals surface area contributed by atoms with Gasteiger partial charge in [0.2, 0.25) is 0 Å². The van der Waals surface area contributed by atoms with Gasteiger partial charge < -0.3 is 15.2 Å². The minimum atomic E-state index is -0.202. The zero-order chi connectivity index (χ0) is 13.1. The van der Waals surface area contributed by atoms with Gasteiger partial charge in [0, 0.05) is 24.1 Å². The summed E-state index contributed by atoms with van der Waals surface area (Å²) in [7, 11) is 1.85. The molecule has 1 aromatic rings. The molecule has 1 unspecified atom stereocenters. The van der Waals surface area contributed by atoms with Crippen molar-refractivity contribution in [1.29, 1.82) is 0 Å². The number of hydrogen-bond acceptors (Lipinski definition) is 4. The van der Waals surface area contributed by atoms with Gasteiger partial charge in [-0.1, -0.05) is 25.9 Å². The zero-order valence-electron chi connectivity index (χ0n) is 11.1. The van der Waals surface area contributed by atoms with Crippen LogP contribution in [0, 0.1) is 0 Å². The Morgan fingerprint density at radius 1 is 1.53 bits per heavy atom. The molecule has 1 aromatic heterocycles. The van der Waals surface area contributed by atoms with Crippen molar-refractivity contribution in [3.8, 4) is 0 Å². The lowest BCUT2D eigenvalue weighted by Gasteiger charge is -2.12. The first-order chi connectivity index (χ1) is 7.84. The van der Waals surface area contributed by atoms with Gasteiger partial charge in [0.15, 0.2) is 5.69 Å². The van der Waals surface area contributed by atoms with E-state index in [1.807, 2.05) is 34.7 Å². The Bertz CT molecular complexity index is 379. The average molecular weight is 239 g/mol. The molecule has 0 saturated heterocycles. The first-order valence-electron chi connectivity index (χ1n) is 5.77. The molecule has 0 aliphatic carbocycles. The largest absolute Gasteiger partial charge is 0.360 e. The van der Waals surface area contributed by atoms with Gasteiger partial charge in [-0.25, -0.2) is 0 Å². The molecule has 0 aliphatic heterocycles. The number of nitrogens with one attached hydrogen (secondary N) is 2. The molecule has 5 heteroatoms. The van der Waals surface area contributed by atoms with Crippen LogP contribution < -0.4 is 10.6 Å². The van der Waals surface area contributed by atoms with E-state index in [0.717, 1.165) is 0 Å². The number of hydrogen-bond donors (Lipinski definition) is 2. The van der Waals surface area contributed by atoms with Gasteiger partial charge in [0.05, 0.1) is 0 Å². The van der Waals surface area contributed by atoms with E-state index in [1.165, 1.54) is 0 Å². The van der Waals surface area contributed by atoms with Crippen LogP contribution in [0.5, 0.6) is 0 Å². The molecule has 1 amide bonds. The number of carbonyl (C=O) groups is 1. The standard InChI is InChI=1S/C12H21N3O2/c1-8(13-5)7-14-11(16)9-6-10(17-15-9)12(2,3)4/h6,8,13H,7H2,1-5H3,(H,14,16). The van der Waals surface area contributed by atoms with Crippen LogP contribution in [0.15, 0.2) is 10.6 Å². The Kier molecular flexibility index (Phi) is 4.28. The van der Waals surface area contributed by atoms with E-state index in [4.69, 9.17) is 4.52 Å². The van der Waals surface area contributed by atoms with Crippen molar-refractivity contribution in [2.45, 2.75) is 39.2 Å². The number of likely N-dealkylation sites (N-methyl/N-ethyl adjacent to an activating group) is 1. The lowest BCUT2D eigenvalue weighted by atomic mass is 9.93. The van der Waals surface area contributed by atoms with Gasteiger partial charge in [-0.2, -0.15) is 0 Å². The van der Waals surface area contributed by atoms with Crippen molar-refractivity contribution in [3.63, 3.8) is 0 Å². The Balaban J connectivity index is 2.61. The SMILES string of the molecule is CNC(C)CNC(=O)c1cc(C(C)(C)C)on1. The number of rotatable bonds is 4. The number of aromatic nitrogens is 1. The minimum Gasteiger partial charge on any atom is -0.360 e. The highest BCUT2D eigenvalue weighted by Crippen LogP contribution is 2.22. The third-order valence-electron chi connectivity index (χ3n) is 2.54. The molecule has 0 saturated carbocycles. The lowest BCUT2D eigenvalue weighted by molar-refractivity contribution is 0.0941. The molecular weight excluding hydrogens is 218 g/mol. The normalized spacial score (nSPS) is 13.5. The topological polar surface area (TPSA) is 67.2 Å². The maximum atomic E-state index is 11.7. The van der Waals surface area contributed by atoms with E-state index < -0.39 is 0 Å². The Morgan fingerprint density at radius 3 is 2.65 bits per heavy atom. The molecule has 17 heavy (non-hydrogen) atoms. The van der Waals surface area contributed by atoms with Gasteiger partial charge >= 0.3 is 0 Å². The number of nitrogens with zero attached hydrogens (tertiary/aromatic N) is 1. The molecule has 0 aromatic carbocycles. The summed E-state index contributed by atoms with van der Waals surface area (Å²) in [6.45, 7) is 8.59. The summed E-state index contributed by atoms with van der Waals surface area (Å²) < 4.78 is 5.16. The second-order valence-corrected chi connectivity index (χ2v) is 5.23. The highest BCUT2D eigenvalue weighted by molar-refractivity contribution is 5.92. The van der Waals surface area contributed by atoms with Crippen LogP contribution in [-0.2, 0) is 5.41 Å². The molecule has 1 heterocycles. The lowest BCUT2D eigenvalue weighted by Crippen LogP contribution is -2.37. The molecule has 1 atom stereocenters. The summed E-state index contributed by atoms with van der Waals surface area (Å²) in [5.41, 5.74) is 0.197. The minimum absolute atomic E-state index is 0.135. The predicted octanol–water partition coefficient (Wildman–Crippen LogP) is 1.31. The highest BCUT2D eigenvalue weighted by atomic mass is 16.5. The molecule has 0 radical (unpaired) electrons. The van der Waals surface area contributed by atoms with Crippen LogP contribution in [-0.4, -0.2) is 30.7 Å². The quantitative estimate of drug-likeness (QED) is 0.831. The third kappa shape index (κ3) is 3.85. The highest BCUT2D eigenvalue weighted by Gasteiger charge is 2.22. The van der Waals surface area contributed by atoms with Crippen LogP contribution in [0.4, 0.5) is 0 Å². The van der Waals surface area contributed by atoms with E-state index in [-0.39, 0.29) is 17.4 Å². The summed E-state index contributed by atoms with van der Waals surface area (Å²) in [6.07, 6.45) is 0. The van der Waals surface area contributed by atoms with Gasteiger partial charge in [-0.3, -0.25) is 4.79 Å². The van der Waals surface area contributed by atoms with E-state index in [1.54, 1.807) is 6.07 Å². The molecule has 5 nitrogen and oxygen atoms in total. The van der Waals surface area contributed by atoms with Crippen molar-refractivity contribution in [2.75, 3.05) is 13.6 Å². The molecule has 2 N–H and O–H groups in total. The van der Waals surface area contributed by atoms with Crippen molar-refractivity contribution in [3.05, 3.63) is 17.5 Å². The molecule has 0 aliphatic rings. The van der Waals surface area contributed by atoms with E-state index in [9.17, 15) is 4.79 Å². The second-order valence-electron chi connectivity index (χ2n) is 5.23. The number of amides is 1. The van der Waals surface area contributed by atoms with Crippen LogP contribution in [0.3, 0.4) is 0 Å². The van der Waals surface area contributed by atoms with Crippen LogP contribution >= 0.6 is 0 Å². The van der Waals surface area contributed by atoms with Crippen LogP contribution in [0.1, 0.15) is 43.9 Å². The van der Waals surface area contributed by atoms with Crippen molar-refractivity contribution in [2.24, 2.45) is 0 Å². The molecule has 0 fully saturated rings. The van der Waals surface area contributed by atoms with Gasteiger partial charge in [-0.15, -0.1) is 0 Å². The number of carbonyl (C=O) groups excluding carboxylic acids is 1. The van der Waals surface area contributed by atoms with Crippen LogP contribution in [0.2, 0.25) is 0 Å². The molecule has 0 spiro atoms. The van der Waals surface area contributed by atoms with Crippen LogP contribution in [0.25, 0.3) is 0 Å². The van der Waals surface area contributed by atoms with E-state index >= 15 is 0 Å². The first kappa shape index (κ1) is 13.7. The Morgan fingerprint density at radius 2 is 2.18 bits per heavy atom. The van der Waals surface area contributed by atoms with E-state index in [2.05, 4.69) is 15.8 Å². The third-order valence-corrected chi connectivity index (χ3v) is 2.54. The van der Waals surface area contributed by atoms with Crippen molar-refractivity contribution < 1.29 is 9.32 Å². The maximum absolute atomic E-state index is 11.7. The smallest absolute Gasteiger partial charge is 0.273 e. The van der Waals surface area contributed by atoms with E-state index in [0.29, 0.717) is 18.0 Å². The van der Waals surface area contributed by atoms with Crippen molar-refractivity contribution in [1.82, 2.24) is 15.8 Å². The predicted molar refractivity (Wildman–Crippen MR) is 66.1 cm³/mol. The van der Waals surface area contributed by atoms with Gasteiger partial charge in [0.25, 0.3) is 5.91 Å². The molecule has 96 valence electrons. The monoisotopic (exact) mass is 239 g/mol. The second kappa shape index (κ2) is 5.31.